The molecular formula is C24H20N7O+. The summed E-state index contributed by atoms with van der Waals surface area (Å²) < 4.78 is 3.52. The molecule has 0 radical (unpaired) electrons. The number of imidazole rings is 1. The third-order valence-electron chi connectivity index (χ3n) is 5.34. The van der Waals surface area contributed by atoms with Gasteiger partial charge in [0.25, 0.3) is 11.7 Å². The van der Waals surface area contributed by atoms with E-state index in [9.17, 15) is 4.79 Å². The monoisotopic (exact) mass is 422 g/mol. The molecule has 0 bridgehead atoms. The highest BCUT2D eigenvalue weighted by Gasteiger charge is 2.29. The van der Waals surface area contributed by atoms with Crippen LogP contribution in [0.5, 0.6) is 0 Å². The van der Waals surface area contributed by atoms with E-state index in [2.05, 4.69) is 26.3 Å². The van der Waals surface area contributed by atoms with Gasteiger partial charge in [-0.1, -0.05) is 30.2 Å². The lowest BCUT2D eigenvalue weighted by Gasteiger charge is -2.11. The number of fused-ring (bicyclic) bond motifs is 2. The summed E-state index contributed by atoms with van der Waals surface area (Å²) in [5, 5.41) is 7.20. The van der Waals surface area contributed by atoms with E-state index >= 15 is 0 Å². The molecule has 3 heterocycles. The molecule has 8 nitrogen and oxygen atoms in total. The van der Waals surface area contributed by atoms with Gasteiger partial charge in [0.1, 0.15) is 17.3 Å². The van der Waals surface area contributed by atoms with Crippen molar-refractivity contribution >= 4 is 28.4 Å². The van der Waals surface area contributed by atoms with Crippen molar-refractivity contribution in [2.45, 2.75) is 13.0 Å². The number of nitrogen functional groups attached to an aromatic ring is 1. The van der Waals surface area contributed by atoms with Crippen LogP contribution in [0.15, 0.2) is 67.0 Å². The number of aromatic amines is 1. The highest BCUT2D eigenvalue weighted by molar-refractivity contribution is 6.04. The second-order valence-electron chi connectivity index (χ2n) is 7.37. The van der Waals surface area contributed by atoms with E-state index in [1.165, 1.54) is 4.52 Å². The number of H-pyrrole nitrogens is 1. The van der Waals surface area contributed by atoms with Crippen LogP contribution < -0.4 is 15.6 Å². The molecule has 0 aliphatic rings. The molecule has 0 saturated heterocycles. The molecule has 0 spiro atoms. The first kappa shape index (κ1) is 19.3. The van der Waals surface area contributed by atoms with Crippen molar-refractivity contribution in [3.63, 3.8) is 0 Å². The smallest absolute Gasteiger partial charge is 0.283 e. The van der Waals surface area contributed by atoms with Gasteiger partial charge >= 0.3 is 0 Å². The Morgan fingerprint density at radius 1 is 1.22 bits per heavy atom. The van der Waals surface area contributed by atoms with Crippen molar-refractivity contribution in [2.24, 2.45) is 0 Å². The zero-order valence-electron chi connectivity index (χ0n) is 17.3. The van der Waals surface area contributed by atoms with E-state index < -0.39 is 6.04 Å². The molecule has 0 saturated carbocycles. The molecule has 156 valence electrons. The van der Waals surface area contributed by atoms with Crippen LogP contribution in [0.2, 0.25) is 0 Å². The average Bonchev–Trinajstić information content (AvgIpc) is 3.36. The first-order chi connectivity index (χ1) is 15.6. The highest BCUT2D eigenvalue weighted by Crippen LogP contribution is 2.22. The number of carbonyl (C=O) groups is 1. The summed E-state index contributed by atoms with van der Waals surface area (Å²) in [7, 11) is 0. The molecule has 0 unspecified atom stereocenters. The van der Waals surface area contributed by atoms with Gasteiger partial charge in [-0.25, -0.2) is 14.5 Å². The molecule has 5 rings (SSSR count). The lowest BCUT2D eigenvalue weighted by molar-refractivity contribution is -0.578. The number of rotatable bonds is 4. The summed E-state index contributed by atoms with van der Waals surface area (Å²) >= 11 is 0. The van der Waals surface area contributed by atoms with E-state index in [0.717, 1.165) is 28.1 Å². The van der Waals surface area contributed by atoms with Gasteiger partial charge in [0, 0.05) is 12.4 Å². The molecule has 8 heteroatoms. The molecule has 0 fully saturated rings. The van der Waals surface area contributed by atoms with E-state index in [1.54, 1.807) is 18.5 Å². The summed E-state index contributed by atoms with van der Waals surface area (Å²) in [6, 6.07) is 16.9. The van der Waals surface area contributed by atoms with Gasteiger partial charge in [-0.3, -0.25) is 4.79 Å². The van der Waals surface area contributed by atoms with Crippen molar-refractivity contribution in [3.05, 3.63) is 83.9 Å². The van der Waals surface area contributed by atoms with Crippen molar-refractivity contribution in [3.8, 4) is 18.0 Å². The van der Waals surface area contributed by atoms with Crippen LogP contribution in [0.1, 0.15) is 34.7 Å². The maximum Gasteiger partial charge on any atom is 0.283 e. The number of hydrogen-bond acceptors (Lipinski definition) is 4. The minimum atomic E-state index is -0.404. The van der Waals surface area contributed by atoms with E-state index in [0.29, 0.717) is 5.65 Å². The second kappa shape index (κ2) is 7.56. The first-order valence-electron chi connectivity index (χ1n) is 10.1. The van der Waals surface area contributed by atoms with Crippen LogP contribution >= 0.6 is 0 Å². The van der Waals surface area contributed by atoms with Gasteiger partial charge in [0.2, 0.25) is 0 Å². The predicted molar refractivity (Wildman–Crippen MR) is 121 cm³/mol. The predicted octanol–water partition coefficient (Wildman–Crippen LogP) is 2.54. The highest BCUT2D eigenvalue weighted by atomic mass is 16.1. The fourth-order valence-electron chi connectivity index (χ4n) is 3.92. The number of amides is 1. The lowest BCUT2D eigenvalue weighted by Crippen LogP contribution is -2.40. The van der Waals surface area contributed by atoms with Gasteiger partial charge in [0.15, 0.2) is 22.5 Å². The van der Waals surface area contributed by atoms with Crippen molar-refractivity contribution in [1.29, 1.82) is 0 Å². The molecule has 32 heavy (non-hydrogen) atoms. The largest absolute Gasteiger partial charge is 0.381 e. The van der Waals surface area contributed by atoms with Crippen molar-refractivity contribution in [1.82, 2.24) is 24.9 Å². The number of para-hydroxylation sites is 2. The number of nitrogens with two attached hydrogens (primary N) is 1. The standard InChI is InChI=1S/C24H19N7O/c1-3-16-9-7-12-18-20(16)31(17-10-5-4-6-11-17)22(28-18)15(2)27-24(32)19-21(25)29-30-14-8-13-26-23(19)30/h1,4-15H,2H3,(H3,25,27,29,32)/p+1/t15-/m0/s1. The Hall–Kier alpha value is -4.64. The number of anilines is 1. The minimum absolute atomic E-state index is 0.121. The summed E-state index contributed by atoms with van der Waals surface area (Å²) in [4.78, 5) is 20.8. The third-order valence-corrected chi connectivity index (χ3v) is 5.34. The molecular weight excluding hydrogens is 402 g/mol. The SMILES string of the molecule is C#Cc1cccc2[nH]c([C@H](C)NC(=O)c3c(N)nn4cccnc34)[n+](-c3ccccc3)c12. The molecule has 1 atom stereocenters. The second-order valence-corrected chi connectivity index (χ2v) is 7.37. The molecule has 4 N–H and O–H groups in total. The molecule has 5 aromatic rings. The Morgan fingerprint density at radius 3 is 2.81 bits per heavy atom. The Bertz CT molecular complexity index is 1510. The fraction of sp³-hybridized carbons (Fsp3) is 0.0833. The van der Waals surface area contributed by atoms with Crippen LogP contribution in [-0.2, 0) is 0 Å². The average molecular weight is 422 g/mol. The van der Waals surface area contributed by atoms with E-state index in [4.69, 9.17) is 12.2 Å². The topological polar surface area (TPSA) is 105 Å². The number of benzene rings is 2. The zero-order valence-corrected chi connectivity index (χ0v) is 17.3. The molecule has 1 amide bonds. The Balaban J connectivity index is 1.61. The number of nitrogens with one attached hydrogen (secondary N) is 2. The van der Waals surface area contributed by atoms with Crippen LogP contribution in [-0.4, -0.2) is 25.5 Å². The number of carbonyl (C=O) groups excluding carboxylic acids is 1. The number of nitrogens with zero attached hydrogens (tertiary/aromatic N) is 4. The number of aromatic nitrogens is 5. The van der Waals surface area contributed by atoms with Crippen molar-refractivity contribution in [2.75, 3.05) is 5.73 Å². The summed E-state index contributed by atoms with van der Waals surface area (Å²) in [5.41, 5.74) is 10.1. The number of terminal acetylenes is 1. The fourth-order valence-corrected chi connectivity index (χ4v) is 3.92. The van der Waals surface area contributed by atoms with Gasteiger partial charge < -0.3 is 11.1 Å². The molecule has 2 aromatic carbocycles. The van der Waals surface area contributed by atoms with Crippen LogP contribution in [0, 0.1) is 12.3 Å². The van der Waals surface area contributed by atoms with Gasteiger partial charge in [-0.15, -0.1) is 11.5 Å². The summed E-state index contributed by atoms with van der Waals surface area (Å²) in [6.07, 6.45) is 9.08. The van der Waals surface area contributed by atoms with Gasteiger partial charge in [-0.05, 0) is 37.3 Å². The van der Waals surface area contributed by atoms with Crippen molar-refractivity contribution < 1.29 is 9.36 Å². The Morgan fingerprint density at radius 2 is 2.03 bits per heavy atom. The maximum atomic E-state index is 13.2. The molecule has 0 aliphatic carbocycles. The summed E-state index contributed by atoms with van der Waals surface area (Å²) in [5.74, 6) is 3.29. The maximum absolute atomic E-state index is 13.2. The Labute approximate surface area is 183 Å². The van der Waals surface area contributed by atoms with E-state index in [1.807, 2.05) is 60.0 Å². The number of hydrogen-bond donors (Lipinski definition) is 3. The lowest BCUT2D eigenvalue weighted by atomic mass is 10.2. The first-order valence-corrected chi connectivity index (χ1v) is 10.1. The Kier molecular flexibility index (Phi) is 4.57. The van der Waals surface area contributed by atoms with Crippen LogP contribution in [0.25, 0.3) is 22.4 Å². The quantitative estimate of drug-likeness (QED) is 0.306. The van der Waals surface area contributed by atoms with Gasteiger partial charge in [0.05, 0.1) is 5.56 Å². The van der Waals surface area contributed by atoms with Crippen LogP contribution in [0.4, 0.5) is 5.82 Å². The van der Waals surface area contributed by atoms with Crippen LogP contribution in [0.3, 0.4) is 0 Å². The normalized spacial score (nSPS) is 12.0. The third kappa shape index (κ3) is 3.04. The van der Waals surface area contributed by atoms with Gasteiger partial charge in [-0.2, -0.15) is 4.57 Å². The zero-order chi connectivity index (χ0) is 22.2. The summed E-state index contributed by atoms with van der Waals surface area (Å²) in [6.45, 7) is 1.90. The minimum Gasteiger partial charge on any atom is -0.381 e. The molecule has 0 aliphatic heterocycles. The van der Waals surface area contributed by atoms with E-state index in [-0.39, 0.29) is 17.3 Å². The molecule has 3 aromatic heterocycles.